The van der Waals surface area contributed by atoms with E-state index in [0.29, 0.717) is 17.4 Å². The van der Waals surface area contributed by atoms with Crippen LogP contribution in [0, 0.1) is 0 Å². The third-order valence-electron chi connectivity index (χ3n) is 2.36. The Labute approximate surface area is 106 Å². The number of carbonyl (C=O) groups excluding carboxylic acids is 1. The number of ether oxygens (including phenoxy) is 1. The molecule has 0 amide bonds. The van der Waals surface area contributed by atoms with Crippen LogP contribution in [0.3, 0.4) is 0 Å². The summed E-state index contributed by atoms with van der Waals surface area (Å²) in [7, 11) is 0. The monoisotopic (exact) mass is 267 g/mol. The molecule has 3 nitrogen and oxygen atoms in total. The summed E-state index contributed by atoms with van der Waals surface area (Å²) < 4.78 is 40.2. The van der Waals surface area contributed by atoms with Crippen LogP contribution in [0.5, 0.6) is 5.75 Å². The number of carbonyl (C=O) groups is 1. The average Bonchev–Trinajstić information content (AvgIpc) is 2.38. The van der Waals surface area contributed by atoms with Gasteiger partial charge in [-0.05, 0) is 23.8 Å². The fourth-order valence-electron chi connectivity index (χ4n) is 1.57. The summed E-state index contributed by atoms with van der Waals surface area (Å²) in [5.74, 6) is -0.518. The van der Waals surface area contributed by atoms with E-state index in [1.54, 1.807) is 24.5 Å². The molecular formula is C13H8F3NO2. The van der Waals surface area contributed by atoms with E-state index in [1.807, 2.05) is 0 Å². The second-order valence-corrected chi connectivity index (χ2v) is 3.66. The third-order valence-corrected chi connectivity index (χ3v) is 2.36. The molecule has 1 heterocycles. The molecule has 0 N–H and O–H groups in total. The van der Waals surface area contributed by atoms with Gasteiger partial charge in [0.2, 0.25) is 0 Å². The van der Waals surface area contributed by atoms with Gasteiger partial charge >= 0.3 is 6.36 Å². The number of alkyl halides is 3. The summed E-state index contributed by atoms with van der Waals surface area (Å²) >= 11 is 0. The molecule has 0 atom stereocenters. The third kappa shape index (κ3) is 3.31. The maximum Gasteiger partial charge on any atom is 0.573 e. The van der Waals surface area contributed by atoms with Crippen LogP contribution in [-0.4, -0.2) is 17.6 Å². The Morgan fingerprint density at radius 2 is 1.95 bits per heavy atom. The molecule has 98 valence electrons. The van der Waals surface area contributed by atoms with Gasteiger partial charge in [0.25, 0.3) is 0 Å². The lowest BCUT2D eigenvalue weighted by molar-refractivity contribution is -0.274. The molecule has 0 aliphatic carbocycles. The Kier molecular flexibility index (Phi) is 3.50. The lowest BCUT2D eigenvalue weighted by Gasteiger charge is -2.11. The predicted molar refractivity (Wildman–Crippen MR) is 61.7 cm³/mol. The Morgan fingerprint density at radius 3 is 2.53 bits per heavy atom. The van der Waals surface area contributed by atoms with Gasteiger partial charge in [-0.15, -0.1) is 13.2 Å². The molecule has 2 rings (SSSR count). The van der Waals surface area contributed by atoms with E-state index >= 15 is 0 Å². The maximum atomic E-state index is 12.1. The van der Waals surface area contributed by atoms with Gasteiger partial charge in [0.05, 0.1) is 5.56 Å². The van der Waals surface area contributed by atoms with Crippen LogP contribution in [0.4, 0.5) is 13.2 Å². The van der Waals surface area contributed by atoms with Crippen LogP contribution in [0.1, 0.15) is 10.4 Å². The topological polar surface area (TPSA) is 39.2 Å². The zero-order chi connectivity index (χ0) is 13.9. The van der Waals surface area contributed by atoms with Crippen molar-refractivity contribution >= 4 is 6.29 Å². The molecule has 0 aliphatic heterocycles. The SMILES string of the molecule is O=Cc1cc(-c2cccnc2)ccc1OC(F)(F)F. The molecular weight excluding hydrogens is 259 g/mol. The highest BCUT2D eigenvalue weighted by Gasteiger charge is 2.32. The Morgan fingerprint density at radius 1 is 1.16 bits per heavy atom. The number of pyridine rings is 1. The van der Waals surface area contributed by atoms with E-state index in [-0.39, 0.29) is 5.56 Å². The molecule has 19 heavy (non-hydrogen) atoms. The lowest BCUT2D eigenvalue weighted by atomic mass is 10.0. The summed E-state index contributed by atoms with van der Waals surface area (Å²) in [4.78, 5) is 14.7. The van der Waals surface area contributed by atoms with Crippen LogP contribution >= 0.6 is 0 Å². The predicted octanol–water partition coefficient (Wildman–Crippen LogP) is 3.46. The second-order valence-electron chi connectivity index (χ2n) is 3.66. The molecule has 0 aliphatic rings. The van der Waals surface area contributed by atoms with Crippen molar-refractivity contribution in [1.82, 2.24) is 4.98 Å². The largest absolute Gasteiger partial charge is 0.573 e. The highest BCUT2D eigenvalue weighted by atomic mass is 19.4. The standard InChI is InChI=1S/C13H8F3NO2/c14-13(15,16)19-12-4-3-9(6-11(12)8-18)10-2-1-5-17-7-10/h1-8H. The number of hydrogen-bond donors (Lipinski definition) is 0. The molecule has 1 aromatic heterocycles. The van der Waals surface area contributed by atoms with Crippen molar-refractivity contribution < 1.29 is 22.7 Å². The van der Waals surface area contributed by atoms with Crippen molar-refractivity contribution in [2.45, 2.75) is 6.36 Å². The van der Waals surface area contributed by atoms with Crippen molar-refractivity contribution in [2.24, 2.45) is 0 Å². The van der Waals surface area contributed by atoms with E-state index in [2.05, 4.69) is 9.72 Å². The van der Waals surface area contributed by atoms with Crippen molar-refractivity contribution in [3.05, 3.63) is 48.3 Å². The molecule has 0 spiro atoms. The van der Waals surface area contributed by atoms with Crippen LogP contribution in [0.15, 0.2) is 42.7 Å². The maximum absolute atomic E-state index is 12.1. The molecule has 0 bridgehead atoms. The minimum atomic E-state index is -4.83. The number of aromatic nitrogens is 1. The Bertz CT molecular complexity index is 582. The number of aldehydes is 1. The van der Waals surface area contributed by atoms with Crippen LogP contribution in [0.2, 0.25) is 0 Å². The van der Waals surface area contributed by atoms with Gasteiger partial charge < -0.3 is 4.74 Å². The molecule has 0 unspecified atom stereocenters. The van der Waals surface area contributed by atoms with E-state index in [9.17, 15) is 18.0 Å². The van der Waals surface area contributed by atoms with Crippen LogP contribution < -0.4 is 4.74 Å². The normalized spacial score (nSPS) is 11.1. The van der Waals surface area contributed by atoms with Gasteiger partial charge in [-0.2, -0.15) is 0 Å². The first kappa shape index (κ1) is 13.1. The minimum absolute atomic E-state index is 0.168. The highest BCUT2D eigenvalue weighted by molar-refractivity contribution is 5.82. The van der Waals surface area contributed by atoms with E-state index < -0.39 is 12.1 Å². The van der Waals surface area contributed by atoms with Gasteiger partial charge in [0, 0.05) is 18.0 Å². The summed E-state index contributed by atoms with van der Waals surface area (Å²) in [6, 6.07) is 7.30. The van der Waals surface area contributed by atoms with E-state index in [0.717, 1.165) is 6.07 Å². The molecule has 2 aromatic rings. The first-order valence-corrected chi connectivity index (χ1v) is 5.25. The average molecular weight is 267 g/mol. The second kappa shape index (κ2) is 5.09. The number of rotatable bonds is 3. The fourth-order valence-corrected chi connectivity index (χ4v) is 1.57. The van der Waals surface area contributed by atoms with Crippen molar-refractivity contribution in [1.29, 1.82) is 0 Å². The lowest BCUT2D eigenvalue weighted by Crippen LogP contribution is -2.18. The zero-order valence-electron chi connectivity index (χ0n) is 9.52. The first-order chi connectivity index (χ1) is 8.99. The van der Waals surface area contributed by atoms with E-state index in [4.69, 9.17) is 0 Å². The molecule has 1 aromatic carbocycles. The van der Waals surface area contributed by atoms with Gasteiger partial charge in [0.1, 0.15) is 5.75 Å². The summed E-state index contributed by atoms with van der Waals surface area (Å²) in [5.41, 5.74) is 1.12. The fraction of sp³-hybridized carbons (Fsp3) is 0.0769. The van der Waals surface area contributed by atoms with Crippen molar-refractivity contribution in [3.8, 4) is 16.9 Å². The van der Waals surface area contributed by atoms with Crippen LogP contribution in [0.25, 0.3) is 11.1 Å². The number of hydrogen-bond acceptors (Lipinski definition) is 3. The van der Waals surface area contributed by atoms with Gasteiger partial charge in [-0.3, -0.25) is 9.78 Å². The van der Waals surface area contributed by atoms with Crippen molar-refractivity contribution in [2.75, 3.05) is 0 Å². The zero-order valence-corrected chi connectivity index (χ0v) is 9.52. The number of halogens is 3. The molecule has 0 saturated heterocycles. The van der Waals surface area contributed by atoms with E-state index in [1.165, 1.54) is 12.1 Å². The molecule has 0 fully saturated rings. The quantitative estimate of drug-likeness (QED) is 0.799. The smallest absolute Gasteiger partial charge is 0.405 e. The van der Waals surface area contributed by atoms with Gasteiger partial charge in [-0.1, -0.05) is 12.1 Å². The summed E-state index contributed by atoms with van der Waals surface area (Å²) in [5, 5.41) is 0. The molecule has 0 radical (unpaired) electrons. The number of benzene rings is 1. The van der Waals surface area contributed by atoms with Crippen molar-refractivity contribution in [3.63, 3.8) is 0 Å². The number of nitrogens with zero attached hydrogens (tertiary/aromatic N) is 1. The minimum Gasteiger partial charge on any atom is -0.405 e. The first-order valence-electron chi connectivity index (χ1n) is 5.25. The highest BCUT2D eigenvalue weighted by Crippen LogP contribution is 2.29. The molecule has 0 saturated carbocycles. The Balaban J connectivity index is 2.39. The molecule has 6 heteroatoms. The summed E-state index contributed by atoms with van der Waals surface area (Å²) in [6.45, 7) is 0. The van der Waals surface area contributed by atoms with Gasteiger partial charge in [0.15, 0.2) is 6.29 Å². The van der Waals surface area contributed by atoms with Crippen LogP contribution in [-0.2, 0) is 0 Å². The summed E-state index contributed by atoms with van der Waals surface area (Å²) in [6.07, 6.45) is -1.38. The Hall–Kier alpha value is -2.37. The van der Waals surface area contributed by atoms with Gasteiger partial charge in [-0.25, -0.2) is 0 Å².